The molecular formula is C12H15NO7S. The smallest absolute Gasteiger partial charge is 0.343 e. The maximum Gasteiger partial charge on any atom is 0.343 e. The van der Waals surface area contributed by atoms with Gasteiger partial charge >= 0.3 is 5.97 Å². The molecule has 0 fully saturated rings. The van der Waals surface area contributed by atoms with Gasteiger partial charge in [0.1, 0.15) is 5.56 Å². The van der Waals surface area contributed by atoms with E-state index in [0.29, 0.717) is 0 Å². The van der Waals surface area contributed by atoms with Crippen LogP contribution in [0.15, 0.2) is 18.2 Å². The number of nitro benzene ring substituents is 1. The molecule has 1 aromatic rings. The van der Waals surface area contributed by atoms with Crippen LogP contribution in [-0.4, -0.2) is 43.9 Å². The molecule has 0 aromatic heterocycles. The molecule has 0 saturated heterocycles. The fourth-order valence-electron chi connectivity index (χ4n) is 1.84. The van der Waals surface area contributed by atoms with E-state index in [2.05, 4.69) is 0 Å². The van der Waals surface area contributed by atoms with Crippen molar-refractivity contribution in [2.75, 3.05) is 19.5 Å². The minimum Gasteiger partial charge on any atom is -0.477 e. The molecule has 0 bridgehead atoms. The minimum atomic E-state index is -3.57. The first-order valence-corrected chi connectivity index (χ1v) is 7.79. The first-order valence-electron chi connectivity index (χ1n) is 5.97. The molecule has 0 saturated carbocycles. The highest BCUT2D eigenvalue weighted by molar-refractivity contribution is 7.90. The Kier molecular flexibility index (Phi) is 5.79. The molecule has 8 nitrogen and oxygen atoms in total. The summed E-state index contributed by atoms with van der Waals surface area (Å²) in [7, 11) is -2.13. The lowest BCUT2D eigenvalue weighted by atomic mass is 10.1. The van der Waals surface area contributed by atoms with Gasteiger partial charge in [0.15, 0.2) is 9.84 Å². The molecule has 0 atom stereocenters. The van der Waals surface area contributed by atoms with Gasteiger partial charge in [0.25, 0.3) is 5.69 Å². The average Bonchev–Trinajstić information content (AvgIpc) is 2.37. The van der Waals surface area contributed by atoms with Crippen molar-refractivity contribution in [2.45, 2.75) is 12.2 Å². The molecule has 21 heavy (non-hydrogen) atoms. The SMILES string of the molecule is COCCCS(=O)(=O)Cc1cccc([N+](=O)[O-])c1C(=O)O. The number of ether oxygens (including phenoxy) is 1. The van der Waals surface area contributed by atoms with Crippen molar-refractivity contribution >= 4 is 21.5 Å². The Morgan fingerprint density at radius 2 is 2.10 bits per heavy atom. The number of hydrogen-bond acceptors (Lipinski definition) is 6. The second-order valence-electron chi connectivity index (χ2n) is 4.31. The molecular weight excluding hydrogens is 302 g/mol. The largest absolute Gasteiger partial charge is 0.477 e. The van der Waals surface area contributed by atoms with E-state index >= 15 is 0 Å². The number of sulfone groups is 1. The summed E-state index contributed by atoms with van der Waals surface area (Å²) in [6, 6.07) is 3.57. The lowest BCUT2D eigenvalue weighted by molar-refractivity contribution is -0.385. The third-order valence-electron chi connectivity index (χ3n) is 2.72. The van der Waals surface area contributed by atoms with E-state index in [4.69, 9.17) is 9.84 Å². The molecule has 116 valence electrons. The molecule has 0 radical (unpaired) electrons. The van der Waals surface area contributed by atoms with Crippen LogP contribution in [0.25, 0.3) is 0 Å². The van der Waals surface area contributed by atoms with Crippen LogP contribution in [-0.2, 0) is 20.3 Å². The van der Waals surface area contributed by atoms with Gasteiger partial charge in [0, 0.05) is 19.8 Å². The van der Waals surface area contributed by atoms with Gasteiger partial charge in [-0.1, -0.05) is 12.1 Å². The molecule has 0 spiro atoms. The summed E-state index contributed by atoms with van der Waals surface area (Å²) in [6.07, 6.45) is 0.274. The van der Waals surface area contributed by atoms with Crippen molar-refractivity contribution < 1.29 is 28.0 Å². The van der Waals surface area contributed by atoms with Gasteiger partial charge in [-0.05, 0) is 12.0 Å². The standard InChI is InChI=1S/C12H15NO7S/c1-20-6-3-7-21(18,19)8-9-4-2-5-10(13(16)17)11(9)12(14)15/h2,4-5H,3,6-8H2,1H3,(H,14,15). The first-order chi connectivity index (χ1) is 9.78. The zero-order chi connectivity index (χ0) is 16.0. The van der Waals surface area contributed by atoms with Crippen LogP contribution in [0.3, 0.4) is 0 Å². The normalized spacial score (nSPS) is 11.3. The van der Waals surface area contributed by atoms with Crippen molar-refractivity contribution in [3.05, 3.63) is 39.4 Å². The maximum absolute atomic E-state index is 11.9. The lowest BCUT2D eigenvalue weighted by Gasteiger charge is -2.08. The number of aromatic carboxylic acids is 1. The molecule has 0 unspecified atom stereocenters. The highest BCUT2D eigenvalue weighted by Crippen LogP contribution is 2.24. The quantitative estimate of drug-likeness (QED) is 0.434. The molecule has 0 aliphatic heterocycles. The summed E-state index contributed by atoms with van der Waals surface area (Å²) in [4.78, 5) is 21.2. The van der Waals surface area contributed by atoms with E-state index < -0.39 is 37.7 Å². The number of nitrogens with zero attached hydrogens (tertiary/aromatic N) is 1. The van der Waals surface area contributed by atoms with Crippen molar-refractivity contribution in [3.63, 3.8) is 0 Å². The molecule has 0 aliphatic rings. The first kappa shape index (κ1) is 17.1. The highest BCUT2D eigenvalue weighted by Gasteiger charge is 2.26. The Bertz CT molecular complexity index is 639. The van der Waals surface area contributed by atoms with E-state index in [9.17, 15) is 23.3 Å². The van der Waals surface area contributed by atoms with E-state index in [1.807, 2.05) is 0 Å². The fraction of sp³-hybridized carbons (Fsp3) is 0.417. The molecule has 0 aliphatic carbocycles. The van der Waals surface area contributed by atoms with Crippen LogP contribution in [0.1, 0.15) is 22.3 Å². The van der Waals surface area contributed by atoms with Crippen LogP contribution in [0, 0.1) is 10.1 Å². The lowest BCUT2D eigenvalue weighted by Crippen LogP contribution is -2.15. The Balaban J connectivity index is 3.11. The summed E-state index contributed by atoms with van der Waals surface area (Å²) in [5.41, 5.74) is -1.29. The van der Waals surface area contributed by atoms with Gasteiger partial charge in [-0.2, -0.15) is 0 Å². The molecule has 0 heterocycles. The number of hydrogen-bond donors (Lipinski definition) is 1. The van der Waals surface area contributed by atoms with Gasteiger partial charge in [-0.15, -0.1) is 0 Å². The van der Waals surface area contributed by atoms with Crippen molar-refractivity contribution in [3.8, 4) is 0 Å². The third-order valence-corrected chi connectivity index (χ3v) is 4.38. The van der Waals surface area contributed by atoms with Crippen LogP contribution in [0.5, 0.6) is 0 Å². The summed E-state index contributed by atoms with van der Waals surface area (Å²) in [6.45, 7) is 0.264. The molecule has 0 amide bonds. The van der Waals surface area contributed by atoms with Crippen molar-refractivity contribution in [1.29, 1.82) is 0 Å². The Hall–Kier alpha value is -2.00. The van der Waals surface area contributed by atoms with Crippen molar-refractivity contribution in [2.24, 2.45) is 0 Å². The van der Waals surface area contributed by atoms with Gasteiger partial charge < -0.3 is 9.84 Å². The van der Waals surface area contributed by atoms with E-state index in [-0.39, 0.29) is 24.3 Å². The summed E-state index contributed by atoms with van der Waals surface area (Å²) in [5, 5.41) is 19.9. The van der Waals surface area contributed by atoms with Gasteiger partial charge in [0.05, 0.1) is 16.4 Å². The zero-order valence-electron chi connectivity index (χ0n) is 11.3. The molecule has 1 N–H and O–H groups in total. The van der Waals surface area contributed by atoms with Crippen LogP contribution >= 0.6 is 0 Å². The minimum absolute atomic E-state index is 0.0888. The number of carboxylic acids is 1. The van der Waals surface area contributed by atoms with Crippen LogP contribution < -0.4 is 0 Å². The number of methoxy groups -OCH3 is 1. The summed E-state index contributed by atoms with van der Waals surface area (Å²) in [5.74, 6) is -2.26. The Morgan fingerprint density at radius 3 is 2.62 bits per heavy atom. The van der Waals surface area contributed by atoms with Crippen LogP contribution in [0.2, 0.25) is 0 Å². The molecule has 1 rings (SSSR count). The zero-order valence-corrected chi connectivity index (χ0v) is 12.1. The number of rotatable bonds is 8. The second-order valence-corrected chi connectivity index (χ2v) is 6.50. The van der Waals surface area contributed by atoms with E-state index in [1.54, 1.807) is 0 Å². The predicted octanol–water partition coefficient (Wildman–Crippen LogP) is 1.24. The third kappa shape index (κ3) is 4.80. The maximum atomic E-state index is 11.9. The predicted molar refractivity (Wildman–Crippen MR) is 74.0 cm³/mol. The topological polar surface area (TPSA) is 124 Å². The molecule has 9 heteroatoms. The Morgan fingerprint density at radius 1 is 1.43 bits per heavy atom. The number of benzene rings is 1. The monoisotopic (exact) mass is 317 g/mol. The van der Waals surface area contributed by atoms with E-state index in [1.165, 1.54) is 19.2 Å². The van der Waals surface area contributed by atoms with E-state index in [0.717, 1.165) is 6.07 Å². The van der Waals surface area contributed by atoms with Gasteiger partial charge in [-0.3, -0.25) is 10.1 Å². The highest BCUT2D eigenvalue weighted by atomic mass is 32.2. The number of carboxylic acid groups (broad SMARTS) is 1. The fourth-order valence-corrected chi connectivity index (χ4v) is 3.25. The second kappa shape index (κ2) is 7.14. The average molecular weight is 317 g/mol. The Labute approximate surface area is 121 Å². The number of nitro groups is 1. The number of carbonyl (C=O) groups is 1. The molecule has 1 aromatic carbocycles. The van der Waals surface area contributed by atoms with Gasteiger partial charge in [0.2, 0.25) is 0 Å². The summed E-state index contributed by atoms with van der Waals surface area (Å²) >= 11 is 0. The summed E-state index contributed by atoms with van der Waals surface area (Å²) < 4.78 is 28.6. The van der Waals surface area contributed by atoms with Crippen molar-refractivity contribution in [1.82, 2.24) is 0 Å². The van der Waals surface area contributed by atoms with Crippen LogP contribution in [0.4, 0.5) is 5.69 Å². The van der Waals surface area contributed by atoms with Gasteiger partial charge in [-0.25, -0.2) is 13.2 Å².